The van der Waals surface area contributed by atoms with E-state index >= 15 is 0 Å². The monoisotopic (exact) mass is 444 g/mol. The molecular formula is C27H28N2O4. The quantitative estimate of drug-likeness (QED) is 0.474. The van der Waals surface area contributed by atoms with Crippen LogP contribution in [-0.2, 0) is 16.0 Å². The predicted molar refractivity (Wildman–Crippen MR) is 132 cm³/mol. The first kappa shape index (κ1) is 23.6. The minimum absolute atomic E-state index is 0.0251. The Morgan fingerprint density at radius 3 is 2.12 bits per heavy atom. The summed E-state index contributed by atoms with van der Waals surface area (Å²) >= 11 is 0. The molecule has 0 saturated carbocycles. The molecule has 2 amide bonds. The molecule has 0 unspecified atom stereocenters. The van der Waals surface area contributed by atoms with Crippen molar-refractivity contribution in [2.75, 3.05) is 31.0 Å². The molecule has 3 aromatic carbocycles. The van der Waals surface area contributed by atoms with E-state index in [1.807, 2.05) is 61.5 Å². The van der Waals surface area contributed by atoms with Crippen molar-refractivity contribution in [1.29, 1.82) is 0 Å². The van der Waals surface area contributed by atoms with Gasteiger partial charge in [-0.2, -0.15) is 0 Å². The zero-order valence-corrected chi connectivity index (χ0v) is 19.1. The van der Waals surface area contributed by atoms with Crippen LogP contribution in [0.2, 0.25) is 0 Å². The number of likely N-dealkylation sites (N-methyl/N-ethyl adjacent to an activating group) is 1. The lowest BCUT2D eigenvalue weighted by Gasteiger charge is -2.21. The van der Waals surface area contributed by atoms with E-state index in [9.17, 15) is 9.59 Å². The van der Waals surface area contributed by atoms with Gasteiger partial charge in [0.15, 0.2) is 0 Å². The maximum atomic E-state index is 12.7. The first-order valence-corrected chi connectivity index (χ1v) is 10.7. The summed E-state index contributed by atoms with van der Waals surface area (Å²) in [6.07, 6.45) is 3.43. The molecule has 0 atom stereocenters. The molecule has 170 valence electrons. The number of ether oxygens (including phenoxy) is 2. The highest BCUT2D eigenvalue weighted by molar-refractivity contribution is 6.02. The number of nitrogens with one attached hydrogen (secondary N) is 1. The molecule has 1 N–H and O–H groups in total. The van der Waals surface area contributed by atoms with Crippen LogP contribution in [0.4, 0.5) is 11.4 Å². The fourth-order valence-corrected chi connectivity index (χ4v) is 3.37. The van der Waals surface area contributed by atoms with Gasteiger partial charge in [-0.3, -0.25) is 9.59 Å². The van der Waals surface area contributed by atoms with Crippen LogP contribution >= 0.6 is 0 Å². The number of methoxy groups -OCH3 is 2. The zero-order chi connectivity index (χ0) is 23.6. The van der Waals surface area contributed by atoms with Crippen LogP contribution in [0.15, 0.2) is 78.9 Å². The molecule has 3 rings (SSSR count). The smallest absolute Gasteiger partial charge is 0.248 e. The van der Waals surface area contributed by atoms with Crippen LogP contribution in [0.5, 0.6) is 11.5 Å². The van der Waals surface area contributed by atoms with E-state index in [-0.39, 0.29) is 18.2 Å². The fourth-order valence-electron chi connectivity index (χ4n) is 3.37. The van der Waals surface area contributed by atoms with Gasteiger partial charge in [-0.25, -0.2) is 0 Å². The van der Waals surface area contributed by atoms with E-state index in [0.29, 0.717) is 23.7 Å². The summed E-state index contributed by atoms with van der Waals surface area (Å²) in [5, 5.41) is 2.83. The van der Waals surface area contributed by atoms with E-state index in [1.165, 1.54) is 6.08 Å². The minimum Gasteiger partial charge on any atom is -0.497 e. The van der Waals surface area contributed by atoms with E-state index < -0.39 is 0 Å². The average Bonchev–Trinajstić information content (AvgIpc) is 2.85. The number of hydrogen-bond acceptors (Lipinski definition) is 4. The van der Waals surface area contributed by atoms with Crippen molar-refractivity contribution < 1.29 is 19.1 Å². The average molecular weight is 445 g/mol. The topological polar surface area (TPSA) is 67.9 Å². The van der Waals surface area contributed by atoms with Crippen LogP contribution < -0.4 is 19.7 Å². The van der Waals surface area contributed by atoms with Gasteiger partial charge in [-0.1, -0.05) is 30.3 Å². The van der Waals surface area contributed by atoms with E-state index in [0.717, 1.165) is 16.8 Å². The second-order valence-electron chi connectivity index (χ2n) is 7.32. The van der Waals surface area contributed by atoms with Crippen LogP contribution in [0.1, 0.15) is 18.1 Å². The van der Waals surface area contributed by atoms with Gasteiger partial charge in [-0.15, -0.1) is 0 Å². The molecular weight excluding hydrogens is 416 g/mol. The molecule has 0 aliphatic rings. The Balaban J connectivity index is 1.59. The predicted octanol–water partition coefficient (Wildman–Crippen LogP) is 4.95. The molecule has 0 aliphatic heterocycles. The molecule has 0 heterocycles. The van der Waals surface area contributed by atoms with Crippen LogP contribution in [0, 0.1) is 0 Å². The molecule has 0 aromatic heterocycles. The van der Waals surface area contributed by atoms with Crippen molar-refractivity contribution in [3.63, 3.8) is 0 Å². The highest BCUT2D eigenvalue weighted by atomic mass is 16.5. The molecule has 0 saturated heterocycles. The van der Waals surface area contributed by atoms with Gasteiger partial charge < -0.3 is 19.7 Å². The van der Waals surface area contributed by atoms with Crippen molar-refractivity contribution in [1.82, 2.24) is 0 Å². The number of nitrogens with zero attached hydrogens (tertiary/aromatic N) is 1. The number of hydrogen-bond donors (Lipinski definition) is 1. The maximum Gasteiger partial charge on any atom is 0.248 e. The second kappa shape index (κ2) is 11.5. The standard InChI is InChI=1S/C27H28N2O4/c1-4-29(23-8-6-5-7-9-23)27(31)18-20-10-13-22(14-11-20)28-26(30)15-12-21-16-24(32-2)19-25(17-21)33-3/h5-17,19H,4,18H2,1-3H3,(H,28,30)/b15-12+. The Kier molecular flexibility index (Phi) is 8.24. The number of para-hydroxylation sites is 1. The maximum absolute atomic E-state index is 12.7. The third-order valence-corrected chi connectivity index (χ3v) is 5.06. The highest BCUT2D eigenvalue weighted by Crippen LogP contribution is 2.23. The molecule has 0 fully saturated rings. The van der Waals surface area contributed by atoms with Gasteiger partial charge in [-0.05, 0) is 60.5 Å². The Morgan fingerprint density at radius 2 is 1.55 bits per heavy atom. The summed E-state index contributed by atoms with van der Waals surface area (Å²) in [5.41, 5.74) is 3.20. The Hall–Kier alpha value is -4.06. The number of rotatable bonds is 9. The molecule has 3 aromatic rings. The fraction of sp³-hybridized carbons (Fsp3) is 0.185. The number of carbonyl (C=O) groups is 2. The third-order valence-electron chi connectivity index (χ3n) is 5.06. The summed E-state index contributed by atoms with van der Waals surface area (Å²) in [5.74, 6) is 1.06. The first-order valence-electron chi connectivity index (χ1n) is 10.7. The van der Waals surface area contributed by atoms with Crippen molar-refractivity contribution in [3.8, 4) is 11.5 Å². The number of benzene rings is 3. The number of amides is 2. The van der Waals surface area contributed by atoms with E-state index in [4.69, 9.17) is 9.47 Å². The number of anilines is 2. The van der Waals surface area contributed by atoms with Crippen molar-refractivity contribution >= 4 is 29.3 Å². The van der Waals surface area contributed by atoms with E-state index in [2.05, 4.69) is 5.32 Å². The van der Waals surface area contributed by atoms with Crippen LogP contribution in [-0.4, -0.2) is 32.6 Å². The van der Waals surface area contributed by atoms with E-state index in [1.54, 1.807) is 43.4 Å². The summed E-state index contributed by atoms with van der Waals surface area (Å²) in [6, 6.07) is 22.3. The summed E-state index contributed by atoms with van der Waals surface area (Å²) in [7, 11) is 3.15. The highest BCUT2D eigenvalue weighted by Gasteiger charge is 2.14. The lowest BCUT2D eigenvalue weighted by Crippen LogP contribution is -2.31. The molecule has 0 spiro atoms. The SMILES string of the molecule is CCN(C(=O)Cc1ccc(NC(=O)/C=C/c2cc(OC)cc(OC)c2)cc1)c1ccccc1. The van der Waals surface area contributed by atoms with Gasteiger partial charge in [0.25, 0.3) is 0 Å². The molecule has 33 heavy (non-hydrogen) atoms. The normalized spacial score (nSPS) is 10.6. The summed E-state index contributed by atoms with van der Waals surface area (Å²) in [6.45, 7) is 2.56. The van der Waals surface area contributed by atoms with Crippen LogP contribution in [0.25, 0.3) is 6.08 Å². The Labute approximate surface area is 194 Å². The minimum atomic E-state index is -0.262. The van der Waals surface area contributed by atoms with Gasteiger partial charge >= 0.3 is 0 Å². The Bertz CT molecular complexity index is 1090. The summed E-state index contributed by atoms with van der Waals surface area (Å²) in [4.78, 5) is 26.8. The van der Waals surface area contributed by atoms with Gasteiger partial charge in [0.05, 0.1) is 20.6 Å². The largest absolute Gasteiger partial charge is 0.497 e. The van der Waals surface area contributed by atoms with Gasteiger partial charge in [0, 0.05) is 30.1 Å². The molecule has 0 bridgehead atoms. The second-order valence-corrected chi connectivity index (χ2v) is 7.32. The van der Waals surface area contributed by atoms with Gasteiger partial charge in [0.2, 0.25) is 11.8 Å². The van der Waals surface area contributed by atoms with Crippen molar-refractivity contribution in [3.05, 3.63) is 90.0 Å². The lowest BCUT2D eigenvalue weighted by molar-refractivity contribution is -0.118. The number of carbonyl (C=O) groups excluding carboxylic acids is 2. The molecule has 6 heteroatoms. The lowest BCUT2D eigenvalue weighted by atomic mass is 10.1. The van der Waals surface area contributed by atoms with Crippen LogP contribution in [0.3, 0.4) is 0 Å². The zero-order valence-electron chi connectivity index (χ0n) is 19.1. The molecule has 0 radical (unpaired) electrons. The molecule has 0 aliphatic carbocycles. The molecule has 6 nitrogen and oxygen atoms in total. The van der Waals surface area contributed by atoms with Gasteiger partial charge in [0.1, 0.15) is 11.5 Å². The Morgan fingerprint density at radius 1 is 0.909 bits per heavy atom. The first-order chi connectivity index (χ1) is 16.0. The van der Waals surface area contributed by atoms with Crippen molar-refractivity contribution in [2.45, 2.75) is 13.3 Å². The van der Waals surface area contributed by atoms with Crippen molar-refractivity contribution in [2.24, 2.45) is 0 Å². The summed E-state index contributed by atoms with van der Waals surface area (Å²) < 4.78 is 10.5. The third kappa shape index (κ3) is 6.71.